The molecule has 0 aliphatic rings. The first kappa shape index (κ1) is 14.6. The molecule has 2 rings (SSSR count). The fraction of sp³-hybridized carbons (Fsp3) is 0.200. The minimum atomic E-state index is -0.569. The Labute approximate surface area is 122 Å². The number of hydrogen-bond donors (Lipinski definition) is 2. The molecule has 0 saturated carbocycles. The first-order valence-corrected chi connectivity index (χ1v) is 7.12. The summed E-state index contributed by atoms with van der Waals surface area (Å²) in [4.78, 5) is 17.4. The molecule has 0 aliphatic carbocycles. The van der Waals surface area contributed by atoms with Crippen molar-refractivity contribution >= 4 is 17.7 Å². The van der Waals surface area contributed by atoms with Crippen molar-refractivity contribution < 1.29 is 9.90 Å². The van der Waals surface area contributed by atoms with E-state index in [0.29, 0.717) is 10.6 Å². The number of carbonyl (C=O) groups is 1. The zero-order valence-electron chi connectivity index (χ0n) is 11.1. The van der Waals surface area contributed by atoms with Crippen LogP contribution in [-0.4, -0.2) is 28.6 Å². The summed E-state index contributed by atoms with van der Waals surface area (Å²) in [6.45, 7) is 1.85. The normalized spacial score (nSPS) is 11.9. The van der Waals surface area contributed by atoms with Crippen LogP contribution in [0.2, 0.25) is 0 Å². The van der Waals surface area contributed by atoms with Crippen LogP contribution in [0.5, 0.6) is 0 Å². The quantitative estimate of drug-likeness (QED) is 0.886. The largest absolute Gasteiger partial charge is 0.392 e. The van der Waals surface area contributed by atoms with E-state index < -0.39 is 6.10 Å². The highest BCUT2D eigenvalue weighted by atomic mass is 32.2. The fourth-order valence-electron chi connectivity index (χ4n) is 1.58. The Morgan fingerprint density at radius 1 is 1.30 bits per heavy atom. The molecule has 0 spiro atoms. The van der Waals surface area contributed by atoms with Crippen LogP contribution >= 0.6 is 11.8 Å². The van der Waals surface area contributed by atoms with Gasteiger partial charge in [0.25, 0.3) is 5.91 Å². The van der Waals surface area contributed by atoms with E-state index in [0.717, 1.165) is 4.90 Å². The second kappa shape index (κ2) is 7.07. The number of benzene rings is 1. The lowest BCUT2D eigenvalue weighted by Crippen LogP contribution is -2.30. The zero-order chi connectivity index (χ0) is 14.4. The smallest absolute Gasteiger partial charge is 0.254 e. The Morgan fingerprint density at radius 2 is 2.05 bits per heavy atom. The Kier molecular flexibility index (Phi) is 5.15. The monoisotopic (exact) mass is 288 g/mol. The molecule has 1 amide bonds. The number of amides is 1. The molecule has 0 bridgehead atoms. The first-order chi connectivity index (χ1) is 9.66. The molecule has 20 heavy (non-hydrogen) atoms. The molecule has 0 radical (unpaired) electrons. The third-order valence-electron chi connectivity index (χ3n) is 2.53. The molecule has 2 N–H and O–H groups in total. The van der Waals surface area contributed by atoms with Crippen molar-refractivity contribution in [2.45, 2.75) is 22.9 Å². The predicted octanol–water partition coefficient (Wildman–Crippen LogP) is 2.34. The van der Waals surface area contributed by atoms with E-state index in [1.54, 1.807) is 25.3 Å². The van der Waals surface area contributed by atoms with Gasteiger partial charge in [0.05, 0.1) is 11.7 Å². The van der Waals surface area contributed by atoms with Crippen LogP contribution < -0.4 is 5.32 Å². The highest BCUT2D eigenvalue weighted by molar-refractivity contribution is 7.99. The SMILES string of the molecule is CC(O)CNC(=O)c1cccnc1Sc1ccccc1. The summed E-state index contributed by atoms with van der Waals surface area (Å²) in [6.07, 6.45) is 1.09. The van der Waals surface area contributed by atoms with E-state index >= 15 is 0 Å². The molecule has 0 saturated heterocycles. The summed E-state index contributed by atoms with van der Waals surface area (Å²) in [5.74, 6) is -0.225. The molecule has 5 heteroatoms. The van der Waals surface area contributed by atoms with E-state index in [1.807, 2.05) is 30.3 Å². The number of nitrogens with zero attached hydrogens (tertiary/aromatic N) is 1. The summed E-state index contributed by atoms with van der Waals surface area (Å²) in [7, 11) is 0. The van der Waals surface area contributed by atoms with Gasteiger partial charge in [-0.15, -0.1) is 0 Å². The Balaban J connectivity index is 2.16. The number of aliphatic hydroxyl groups excluding tert-OH is 1. The number of hydrogen-bond acceptors (Lipinski definition) is 4. The number of rotatable bonds is 5. The molecule has 2 aromatic rings. The Bertz CT molecular complexity index is 573. The average Bonchev–Trinajstić information content (AvgIpc) is 2.46. The lowest BCUT2D eigenvalue weighted by Gasteiger charge is -2.10. The first-order valence-electron chi connectivity index (χ1n) is 6.31. The van der Waals surface area contributed by atoms with E-state index in [-0.39, 0.29) is 12.5 Å². The van der Waals surface area contributed by atoms with Gasteiger partial charge in [0, 0.05) is 17.6 Å². The van der Waals surface area contributed by atoms with Gasteiger partial charge in [0.2, 0.25) is 0 Å². The minimum absolute atomic E-state index is 0.225. The van der Waals surface area contributed by atoms with Crippen molar-refractivity contribution in [2.24, 2.45) is 0 Å². The molecule has 104 valence electrons. The molecule has 0 fully saturated rings. The molecule has 1 heterocycles. The van der Waals surface area contributed by atoms with Crippen LogP contribution in [0.15, 0.2) is 58.6 Å². The number of nitrogens with one attached hydrogen (secondary N) is 1. The van der Waals surface area contributed by atoms with Gasteiger partial charge in [0.1, 0.15) is 5.03 Å². The van der Waals surface area contributed by atoms with E-state index in [1.165, 1.54) is 11.8 Å². The molecule has 1 atom stereocenters. The van der Waals surface area contributed by atoms with Crippen molar-refractivity contribution in [1.82, 2.24) is 10.3 Å². The molecular weight excluding hydrogens is 272 g/mol. The highest BCUT2D eigenvalue weighted by Gasteiger charge is 2.13. The van der Waals surface area contributed by atoms with Crippen molar-refractivity contribution in [3.05, 3.63) is 54.2 Å². The summed E-state index contributed by atoms with van der Waals surface area (Å²) in [5, 5.41) is 12.6. The predicted molar refractivity (Wildman–Crippen MR) is 78.8 cm³/mol. The maximum atomic E-state index is 12.1. The van der Waals surface area contributed by atoms with Gasteiger partial charge in [-0.2, -0.15) is 0 Å². The summed E-state index contributed by atoms with van der Waals surface area (Å²) >= 11 is 1.44. The third-order valence-corrected chi connectivity index (χ3v) is 3.56. The topological polar surface area (TPSA) is 62.2 Å². The summed E-state index contributed by atoms with van der Waals surface area (Å²) in [6, 6.07) is 13.2. The van der Waals surface area contributed by atoms with Crippen LogP contribution in [0.3, 0.4) is 0 Å². The standard InChI is InChI=1S/C15H16N2O2S/c1-11(18)10-17-14(19)13-8-5-9-16-15(13)20-12-6-3-2-4-7-12/h2-9,11,18H,10H2,1H3,(H,17,19). The molecule has 0 aliphatic heterocycles. The van der Waals surface area contributed by atoms with Crippen LogP contribution in [-0.2, 0) is 0 Å². The van der Waals surface area contributed by atoms with Crippen LogP contribution in [0.25, 0.3) is 0 Å². The Hall–Kier alpha value is -1.85. The van der Waals surface area contributed by atoms with E-state index in [9.17, 15) is 9.90 Å². The maximum absolute atomic E-state index is 12.1. The van der Waals surface area contributed by atoms with Gasteiger partial charge in [-0.25, -0.2) is 4.98 Å². The number of carbonyl (C=O) groups excluding carboxylic acids is 1. The van der Waals surface area contributed by atoms with Gasteiger partial charge in [-0.1, -0.05) is 30.0 Å². The van der Waals surface area contributed by atoms with Crippen molar-refractivity contribution in [3.8, 4) is 0 Å². The number of aliphatic hydroxyl groups is 1. The van der Waals surface area contributed by atoms with Crippen molar-refractivity contribution in [3.63, 3.8) is 0 Å². The van der Waals surface area contributed by atoms with Crippen LogP contribution in [0.4, 0.5) is 0 Å². The fourth-order valence-corrected chi connectivity index (χ4v) is 2.48. The molecule has 1 aromatic heterocycles. The van der Waals surface area contributed by atoms with E-state index in [2.05, 4.69) is 10.3 Å². The van der Waals surface area contributed by atoms with E-state index in [4.69, 9.17) is 0 Å². The highest BCUT2D eigenvalue weighted by Crippen LogP contribution is 2.28. The Morgan fingerprint density at radius 3 is 2.75 bits per heavy atom. The number of pyridine rings is 1. The van der Waals surface area contributed by atoms with Gasteiger partial charge in [0.15, 0.2) is 0 Å². The second-order valence-corrected chi connectivity index (χ2v) is 5.39. The molecule has 1 unspecified atom stereocenters. The van der Waals surface area contributed by atoms with Crippen molar-refractivity contribution in [1.29, 1.82) is 0 Å². The molecule has 1 aromatic carbocycles. The molecule has 4 nitrogen and oxygen atoms in total. The lowest BCUT2D eigenvalue weighted by molar-refractivity contribution is 0.0920. The van der Waals surface area contributed by atoms with Gasteiger partial charge in [-0.05, 0) is 31.2 Å². The van der Waals surface area contributed by atoms with Gasteiger partial charge < -0.3 is 10.4 Å². The minimum Gasteiger partial charge on any atom is -0.392 e. The van der Waals surface area contributed by atoms with Gasteiger partial charge in [-0.3, -0.25) is 4.79 Å². The van der Waals surface area contributed by atoms with Crippen molar-refractivity contribution in [2.75, 3.05) is 6.54 Å². The maximum Gasteiger partial charge on any atom is 0.254 e. The number of aromatic nitrogens is 1. The van der Waals surface area contributed by atoms with Crippen LogP contribution in [0.1, 0.15) is 17.3 Å². The van der Waals surface area contributed by atoms with Crippen LogP contribution in [0, 0.1) is 0 Å². The second-order valence-electron chi connectivity index (χ2n) is 4.33. The lowest BCUT2D eigenvalue weighted by atomic mass is 10.2. The van der Waals surface area contributed by atoms with Gasteiger partial charge >= 0.3 is 0 Å². The zero-order valence-corrected chi connectivity index (χ0v) is 11.9. The molecular formula is C15H16N2O2S. The average molecular weight is 288 g/mol. The summed E-state index contributed by atoms with van der Waals surface area (Å²) in [5.41, 5.74) is 0.516. The third kappa shape index (κ3) is 4.08. The summed E-state index contributed by atoms with van der Waals surface area (Å²) < 4.78 is 0.